The minimum Gasteiger partial charge on any atom is -0.355 e. The first-order valence-corrected chi connectivity index (χ1v) is 21.9. The van der Waals surface area contributed by atoms with E-state index >= 15 is 0 Å². The van der Waals surface area contributed by atoms with Crippen molar-refractivity contribution in [3.8, 4) is 0 Å². The third-order valence-electron chi connectivity index (χ3n) is 7.98. The van der Waals surface area contributed by atoms with Crippen molar-refractivity contribution in [1.82, 2.24) is 4.90 Å². The van der Waals surface area contributed by atoms with E-state index in [1.807, 2.05) is 36.4 Å². The Morgan fingerprint density at radius 2 is 1.35 bits per heavy atom. The third kappa shape index (κ3) is 13.0. The average Bonchev–Trinajstić information content (AvgIpc) is 3.53. The summed E-state index contributed by atoms with van der Waals surface area (Å²) in [5.41, 5.74) is 3.07. The minimum atomic E-state index is -4.01. The molecule has 1 unspecified atom stereocenters. The Morgan fingerprint density at radius 1 is 0.812 bits per heavy atom. The smallest absolute Gasteiger partial charge is 0.264 e. The van der Waals surface area contributed by atoms with Gasteiger partial charge in [0.25, 0.3) is 20.2 Å². The number of thioether (sulfide) groups is 2. The van der Waals surface area contributed by atoms with Crippen molar-refractivity contribution in [3.63, 3.8) is 0 Å². The molecule has 2 aliphatic heterocycles. The van der Waals surface area contributed by atoms with E-state index in [-0.39, 0.29) is 16.9 Å². The fraction of sp³-hybridized carbons (Fsp3) is 0.515. The van der Waals surface area contributed by atoms with Crippen molar-refractivity contribution in [3.05, 3.63) is 69.2 Å². The predicted octanol–water partition coefficient (Wildman–Crippen LogP) is 8.71. The molecule has 48 heavy (non-hydrogen) atoms. The number of benzene rings is 2. The van der Waals surface area contributed by atoms with Crippen LogP contribution in [0.4, 0.5) is 11.4 Å². The quantitative estimate of drug-likeness (QED) is 0.126. The molecule has 2 aliphatic rings. The van der Waals surface area contributed by atoms with Crippen LogP contribution in [0.3, 0.4) is 0 Å². The summed E-state index contributed by atoms with van der Waals surface area (Å²) in [5.74, 6) is -0.551. The predicted molar refractivity (Wildman–Crippen MR) is 204 cm³/mol. The maximum absolute atomic E-state index is 11.2. The SMILES string of the molecule is CCC(/C=C1\Sc2ccc(Cl)cc2N1CCCCS(=O)(=O)O)=C\C1Sc2ccc(Cl)cc2N1CCCCS(=O)(=O)O.CCN(CC)CC. The van der Waals surface area contributed by atoms with E-state index in [4.69, 9.17) is 32.3 Å². The lowest BCUT2D eigenvalue weighted by Gasteiger charge is -2.25. The molecule has 268 valence electrons. The molecule has 9 nitrogen and oxygen atoms in total. The molecule has 0 aliphatic carbocycles. The van der Waals surface area contributed by atoms with Crippen molar-refractivity contribution in [1.29, 1.82) is 0 Å². The van der Waals surface area contributed by atoms with Crippen molar-refractivity contribution in [2.24, 2.45) is 0 Å². The van der Waals surface area contributed by atoms with E-state index in [1.54, 1.807) is 23.5 Å². The number of allylic oxidation sites excluding steroid dienone is 2. The van der Waals surface area contributed by atoms with Crippen LogP contribution in [0.25, 0.3) is 0 Å². The molecule has 2 heterocycles. The highest BCUT2D eigenvalue weighted by Gasteiger charge is 2.30. The second-order valence-electron chi connectivity index (χ2n) is 11.4. The van der Waals surface area contributed by atoms with Gasteiger partial charge in [-0.25, -0.2) is 0 Å². The molecule has 0 fully saturated rings. The van der Waals surface area contributed by atoms with Gasteiger partial charge in [-0.3, -0.25) is 9.11 Å². The van der Waals surface area contributed by atoms with Crippen LogP contribution in [0.1, 0.15) is 59.8 Å². The molecule has 0 saturated carbocycles. The van der Waals surface area contributed by atoms with E-state index in [0.717, 1.165) is 38.2 Å². The van der Waals surface area contributed by atoms with Gasteiger partial charge in [-0.05, 0) is 106 Å². The maximum Gasteiger partial charge on any atom is 0.264 e. The molecule has 0 radical (unpaired) electrons. The van der Waals surface area contributed by atoms with Crippen LogP contribution < -0.4 is 9.80 Å². The van der Waals surface area contributed by atoms with Crippen molar-refractivity contribution < 1.29 is 25.9 Å². The minimum absolute atomic E-state index is 0.0348. The van der Waals surface area contributed by atoms with Crippen molar-refractivity contribution in [2.45, 2.75) is 75.0 Å². The summed E-state index contributed by atoms with van der Waals surface area (Å²) in [6.07, 6.45) is 6.97. The molecule has 4 rings (SSSR count). The lowest BCUT2D eigenvalue weighted by molar-refractivity contribution is 0.321. The van der Waals surface area contributed by atoms with Crippen LogP contribution in [0.15, 0.2) is 68.9 Å². The fourth-order valence-corrected chi connectivity index (χ4v) is 9.24. The Bertz CT molecular complexity index is 1640. The fourth-order valence-electron chi connectivity index (χ4n) is 5.33. The number of hydrogen-bond acceptors (Lipinski definition) is 9. The number of fused-ring (bicyclic) bond motifs is 2. The third-order valence-corrected chi connectivity index (χ3v) is 12.4. The zero-order valence-corrected chi connectivity index (χ0v) is 32.7. The molecule has 1 atom stereocenters. The summed E-state index contributed by atoms with van der Waals surface area (Å²) in [6, 6.07) is 11.5. The topological polar surface area (TPSA) is 118 Å². The van der Waals surface area contributed by atoms with E-state index in [1.165, 1.54) is 19.6 Å². The van der Waals surface area contributed by atoms with Gasteiger partial charge in [0.05, 0.1) is 33.3 Å². The van der Waals surface area contributed by atoms with Gasteiger partial charge in [-0.1, -0.05) is 74.4 Å². The molecule has 2 aromatic carbocycles. The van der Waals surface area contributed by atoms with Gasteiger partial charge in [0.15, 0.2) is 0 Å². The first-order chi connectivity index (χ1) is 22.7. The Balaban J connectivity index is 0.000000804. The summed E-state index contributed by atoms with van der Waals surface area (Å²) in [5, 5.41) is 2.21. The molecule has 0 spiro atoms. The zero-order valence-electron chi connectivity index (χ0n) is 27.9. The van der Waals surface area contributed by atoms with E-state index in [9.17, 15) is 16.8 Å². The Hall–Kier alpha value is -1.42. The second kappa shape index (κ2) is 19.3. The van der Waals surface area contributed by atoms with Crippen LogP contribution in [0.5, 0.6) is 0 Å². The van der Waals surface area contributed by atoms with Crippen LogP contribution in [0, 0.1) is 0 Å². The number of unbranched alkanes of at least 4 members (excludes halogenated alkanes) is 2. The van der Waals surface area contributed by atoms with Gasteiger partial charge in [0.2, 0.25) is 0 Å². The molecule has 2 aromatic rings. The second-order valence-corrected chi connectivity index (χ2v) is 17.6. The monoisotopic (exact) mass is 779 g/mol. The molecular formula is C33H47Cl2N3O6S4. The Kier molecular flexibility index (Phi) is 16.5. The highest BCUT2D eigenvalue weighted by molar-refractivity contribution is 8.03. The zero-order chi connectivity index (χ0) is 35.5. The van der Waals surface area contributed by atoms with Gasteiger partial charge >= 0.3 is 0 Å². The lowest BCUT2D eigenvalue weighted by Crippen LogP contribution is -2.29. The van der Waals surface area contributed by atoms with Crippen molar-refractivity contribution in [2.75, 3.05) is 54.0 Å². The maximum atomic E-state index is 11.2. The number of rotatable bonds is 16. The first kappa shape index (κ1) is 41.0. The summed E-state index contributed by atoms with van der Waals surface area (Å²) in [4.78, 5) is 8.88. The van der Waals surface area contributed by atoms with Crippen LogP contribution in [-0.2, 0) is 20.2 Å². The number of hydrogen-bond donors (Lipinski definition) is 2. The number of nitrogens with zero attached hydrogens (tertiary/aromatic N) is 3. The van der Waals surface area contributed by atoms with E-state index in [2.05, 4.69) is 54.5 Å². The van der Waals surface area contributed by atoms with Gasteiger partial charge < -0.3 is 14.7 Å². The summed E-state index contributed by atoms with van der Waals surface area (Å²) >= 11 is 16.0. The highest BCUT2D eigenvalue weighted by atomic mass is 35.5. The Labute approximate surface area is 305 Å². The molecule has 2 N–H and O–H groups in total. The van der Waals surface area contributed by atoms with Gasteiger partial charge in [0.1, 0.15) is 0 Å². The van der Waals surface area contributed by atoms with E-state index < -0.39 is 20.2 Å². The van der Waals surface area contributed by atoms with Crippen LogP contribution in [-0.4, -0.2) is 80.4 Å². The summed E-state index contributed by atoms with van der Waals surface area (Å²) in [6.45, 7) is 13.4. The van der Waals surface area contributed by atoms with Crippen LogP contribution in [0.2, 0.25) is 10.0 Å². The normalized spacial score (nSPS) is 17.1. The standard InChI is InChI=1S/C27H32Cl2N2O6S4.C6H15N/c1-2-19(15-26-30(11-3-5-13-40(32,33)34)22-17-20(28)7-9-24(22)38-26)16-27-31(12-4-6-14-41(35,36)37)23-18-21(29)8-10-25(23)39-27;1-4-7(5-2)6-3/h7-10,15-18,26H,2-6,11-14H2,1H3,(H,32,33,34)(H,35,36,37);4-6H2,1-3H3/b19-15+,27-16-;. The van der Waals surface area contributed by atoms with Gasteiger partial charge in [0, 0.05) is 32.9 Å². The first-order valence-electron chi connectivity index (χ1n) is 16.2. The molecule has 0 bridgehead atoms. The highest BCUT2D eigenvalue weighted by Crippen LogP contribution is 2.49. The van der Waals surface area contributed by atoms with Crippen LogP contribution >= 0.6 is 46.7 Å². The molecular weight excluding hydrogens is 734 g/mol. The largest absolute Gasteiger partial charge is 0.355 e. The molecule has 0 saturated heterocycles. The van der Waals surface area contributed by atoms with E-state index in [0.29, 0.717) is 48.8 Å². The molecule has 0 aromatic heterocycles. The molecule has 0 amide bonds. The Morgan fingerprint density at radius 3 is 1.88 bits per heavy atom. The average molecular weight is 781 g/mol. The summed E-state index contributed by atoms with van der Waals surface area (Å²) < 4.78 is 63.0. The van der Waals surface area contributed by atoms with Gasteiger partial charge in [-0.2, -0.15) is 16.8 Å². The molecule has 15 heteroatoms. The number of anilines is 2. The number of halogens is 2. The van der Waals surface area contributed by atoms with Crippen molar-refractivity contribution >= 4 is 78.3 Å². The summed E-state index contributed by atoms with van der Waals surface area (Å²) in [7, 11) is -8.02. The lowest BCUT2D eigenvalue weighted by atomic mass is 10.1. The van der Waals surface area contributed by atoms with Gasteiger partial charge in [-0.15, -0.1) is 0 Å².